The fraction of sp³-hybridized carbons (Fsp3) is 0.700. The van der Waals surface area contributed by atoms with E-state index in [9.17, 15) is 8.42 Å². The number of nitrogens with one attached hydrogen (secondary N) is 2. The molecule has 0 spiro atoms. The van der Waals surface area contributed by atoms with Crippen molar-refractivity contribution in [3.8, 4) is 0 Å². The summed E-state index contributed by atoms with van der Waals surface area (Å²) in [6.45, 7) is 1.32. The van der Waals surface area contributed by atoms with E-state index in [1.54, 1.807) is 0 Å². The zero-order valence-corrected chi connectivity index (χ0v) is 11.0. The Labute approximate surface area is 105 Å². The molecule has 1 aliphatic heterocycles. The molecule has 2 N–H and O–H groups in total. The normalized spacial score (nSPS) is 23.9. The van der Waals surface area contributed by atoms with E-state index < -0.39 is 10.0 Å². The van der Waals surface area contributed by atoms with Crippen LogP contribution in [0.4, 0.5) is 5.13 Å². The molecule has 1 aromatic rings. The number of anilines is 1. The average Bonchev–Trinajstić information content (AvgIpc) is 2.90. The van der Waals surface area contributed by atoms with Gasteiger partial charge in [-0.15, -0.1) is 11.3 Å². The van der Waals surface area contributed by atoms with E-state index >= 15 is 0 Å². The minimum Gasteiger partial charge on any atom is -0.315 e. The highest BCUT2D eigenvalue weighted by Gasteiger charge is 2.30. The Balaban J connectivity index is 1.77. The highest BCUT2D eigenvalue weighted by atomic mass is 32.2. The maximum absolute atomic E-state index is 12.0. The van der Waals surface area contributed by atoms with Gasteiger partial charge in [0.2, 0.25) is 10.0 Å². The highest BCUT2D eigenvalue weighted by Crippen LogP contribution is 2.31. The van der Waals surface area contributed by atoms with Crippen LogP contribution in [0.2, 0.25) is 0 Å². The van der Waals surface area contributed by atoms with E-state index in [1.807, 2.05) is 0 Å². The van der Waals surface area contributed by atoms with Gasteiger partial charge in [-0.1, -0.05) is 0 Å². The lowest BCUT2D eigenvalue weighted by Crippen LogP contribution is -2.29. The van der Waals surface area contributed by atoms with Crippen LogP contribution in [0.5, 0.6) is 0 Å². The lowest BCUT2D eigenvalue weighted by atomic mass is 10.4. The van der Waals surface area contributed by atoms with Crippen molar-refractivity contribution in [2.75, 3.05) is 17.8 Å². The molecule has 94 valence electrons. The molecule has 0 amide bonds. The second kappa shape index (κ2) is 4.22. The SMILES string of the molecule is O=S(=O)(Nc1nc2c(s1)CCC2)C1CCNC1. The molecule has 1 unspecified atom stereocenters. The monoisotopic (exact) mass is 273 g/mol. The first-order valence-electron chi connectivity index (χ1n) is 5.86. The van der Waals surface area contributed by atoms with Crippen molar-refractivity contribution in [2.45, 2.75) is 30.9 Å². The van der Waals surface area contributed by atoms with Crippen LogP contribution in [-0.2, 0) is 22.9 Å². The van der Waals surface area contributed by atoms with Gasteiger partial charge in [0.05, 0.1) is 10.9 Å². The summed E-state index contributed by atoms with van der Waals surface area (Å²) < 4.78 is 26.7. The van der Waals surface area contributed by atoms with E-state index in [-0.39, 0.29) is 5.25 Å². The van der Waals surface area contributed by atoms with Crippen molar-refractivity contribution in [2.24, 2.45) is 0 Å². The molecule has 3 rings (SSSR count). The highest BCUT2D eigenvalue weighted by molar-refractivity contribution is 7.93. The Hall–Kier alpha value is -0.660. The van der Waals surface area contributed by atoms with Gasteiger partial charge < -0.3 is 5.32 Å². The first-order valence-corrected chi connectivity index (χ1v) is 8.22. The molecule has 5 nitrogen and oxygen atoms in total. The van der Waals surface area contributed by atoms with Gasteiger partial charge in [0.15, 0.2) is 5.13 Å². The standard InChI is InChI=1S/C10H15N3O2S2/c14-17(15,7-4-5-11-6-7)13-10-12-8-2-1-3-9(8)16-10/h7,11H,1-6H2,(H,12,13). The topological polar surface area (TPSA) is 71.1 Å². The first-order chi connectivity index (χ1) is 8.15. The number of rotatable bonds is 3. The molecule has 0 radical (unpaired) electrons. The molecule has 1 atom stereocenters. The Morgan fingerprint density at radius 1 is 1.41 bits per heavy atom. The van der Waals surface area contributed by atoms with Crippen LogP contribution >= 0.6 is 11.3 Å². The van der Waals surface area contributed by atoms with Gasteiger partial charge in [-0.05, 0) is 32.2 Å². The summed E-state index contributed by atoms with van der Waals surface area (Å²) in [5.74, 6) is 0. The third-order valence-corrected chi connectivity index (χ3v) is 6.24. The molecule has 0 bridgehead atoms. The maximum atomic E-state index is 12.0. The van der Waals surface area contributed by atoms with Crippen molar-refractivity contribution in [1.82, 2.24) is 10.3 Å². The molecular formula is C10H15N3O2S2. The van der Waals surface area contributed by atoms with Crippen molar-refractivity contribution in [3.63, 3.8) is 0 Å². The minimum atomic E-state index is -3.27. The van der Waals surface area contributed by atoms with Gasteiger partial charge >= 0.3 is 0 Å². The number of thiazole rings is 1. The predicted octanol–water partition coefficient (Wildman–Crippen LogP) is 0.735. The van der Waals surface area contributed by atoms with Gasteiger partial charge in [-0.3, -0.25) is 4.72 Å². The van der Waals surface area contributed by atoms with Crippen LogP contribution in [0.25, 0.3) is 0 Å². The number of hydrogen-bond donors (Lipinski definition) is 2. The number of aromatic nitrogens is 1. The summed E-state index contributed by atoms with van der Waals surface area (Å²) in [6, 6.07) is 0. The lowest BCUT2D eigenvalue weighted by molar-refractivity contribution is 0.588. The number of nitrogens with zero attached hydrogens (tertiary/aromatic N) is 1. The van der Waals surface area contributed by atoms with Gasteiger partial charge in [0, 0.05) is 11.4 Å². The number of hydrogen-bond acceptors (Lipinski definition) is 5. The Morgan fingerprint density at radius 2 is 2.29 bits per heavy atom. The Kier molecular flexibility index (Phi) is 2.84. The van der Waals surface area contributed by atoms with Gasteiger partial charge in [0.25, 0.3) is 0 Å². The van der Waals surface area contributed by atoms with Crippen LogP contribution in [0.15, 0.2) is 0 Å². The lowest BCUT2D eigenvalue weighted by Gasteiger charge is -2.10. The average molecular weight is 273 g/mol. The zero-order valence-electron chi connectivity index (χ0n) is 9.40. The summed E-state index contributed by atoms with van der Waals surface area (Å²) in [5.41, 5.74) is 1.08. The van der Waals surface area contributed by atoms with Crippen LogP contribution in [0.3, 0.4) is 0 Å². The first kappa shape index (κ1) is 11.4. The predicted molar refractivity (Wildman–Crippen MR) is 68.0 cm³/mol. The fourth-order valence-corrected chi connectivity index (χ4v) is 4.97. The largest absolute Gasteiger partial charge is 0.315 e. The maximum Gasteiger partial charge on any atom is 0.238 e. The summed E-state index contributed by atoms with van der Waals surface area (Å²) >= 11 is 1.49. The number of fused-ring (bicyclic) bond motifs is 1. The fourth-order valence-electron chi connectivity index (χ4n) is 2.33. The van der Waals surface area contributed by atoms with E-state index in [0.29, 0.717) is 18.1 Å². The molecule has 2 aliphatic rings. The summed E-state index contributed by atoms with van der Waals surface area (Å²) in [4.78, 5) is 5.60. The molecule has 1 aliphatic carbocycles. The van der Waals surface area contributed by atoms with Crippen molar-refractivity contribution >= 4 is 26.5 Å². The number of aryl methyl sites for hydroxylation is 2. The summed E-state index contributed by atoms with van der Waals surface area (Å²) in [5, 5.41) is 3.29. The van der Waals surface area contributed by atoms with Crippen molar-refractivity contribution in [3.05, 3.63) is 10.6 Å². The van der Waals surface area contributed by atoms with E-state index in [0.717, 1.165) is 31.5 Å². The Bertz CT molecular complexity index is 496. The molecule has 1 aromatic heterocycles. The summed E-state index contributed by atoms with van der Waals surface area (Å²) in [6.07, 6.45) is 3.85. The van der Waals surface area contributed by atoms with Crippen LogP contribution < -0.4 is 10.0 Å². The van der Waals surface area contributed by atoms with Gasteiger partial charge in [-0.2, -0.15) is 0 Å². The minimum absolute atomic E-state index is 0.318. The van der Waals surface area contributed by atoms with E-state index in [1.165, 1.54) is 16.2 Å². The molecule has 2 heterocycles. The zero-order chi connectivity index (χ0) is 11.9. The molecule has 1 saturated heterocycles. The third kappa shape index (κ3) is 2.19. The Morgan fingerprint density at radius 3 is 3.00 bits per heavy atom. The molecular weight excluding hydrogens is 258 g/mol. The second-order valence-corrected chi connectivity index (χ2v) is 7.55. The van der Waals surface area contributed by atoms with Crippen LogP contribution in [-0.4, -0.2) is 31.7 Å². The van der Waals surface area contributed by atoms with Crippen molar-refractivity contribution < 1.29 is 8.42 Å². The molecule has 17 heavy (non-hydrogen) atoms. The summed E-state index contributed by atoms with van der Waals surface area (Å²) in [7, 11) is -3.27. The van der Waals surface area contributed by atoms with Crippen LogP contribution in [0.1, 0.15) is 23.4 Å². The molecule has 7 heteroatoms. The second-order valence-electron chi connectivity index (χ2n) is 4.50. The van der Waals surface area contributed by atoms with E-state index in [4.69, 9.17) is 0 Å². The van der Waals surface area contributed by atoms with Gasteiger partial charge in [0.1, 0.15) is 0 Å². The van der Waals surface area contributed by atoms with E-state index in [2.05, 4.69) is 15.0 Å². The molecule has 0 saturated carbocycles. The molecule has 0 aromatic carbocycles. The smallest absolute Gasteiger partial charge is 0.238 e. The quantitative estimate of drug-likeness (QED) is 0.852. The third-order valence-electron chi connectivity index (χ3n) is 3.28. The molecule has 1 fully saturated rings. The van der Waals surface area contributed by atoms with Gasteiger partial charge in [-0.25, -0.2) is 13.4 Å². The van der Waals surface area contributed by atoms with Crippen LogP contribution in [0, 0.1) is 0 Å². The van der Waals surface area contributed by atoms with Crippen molar-refractivity contribution in [1.29, 1.82) is 0 Å². The number of sulfonamides is 1.